The van der Waals surface area contributed by atoms with Crippen molar-refractivity contribution in [3.8, 4) is 0 Å². The predicted octanol–water partition coefficient (Wildman–Crippen LogP) is 6.29. The third-order valence-corrected chi connectivity index (χ3v) is 15.0. The maximum Gasteiger partial charge on any atom is 0.309 e. The van der Waals surface area contributed by atoms with Gasteiger partial charge in [-0.2, -0.15) is 0 Å². The molecule has 6 aliphatic rings. The van der Waals surface area contributed by atoms with Crippen molar-refractivity contribution in [2.45, 2.75) is 150 Å². The molecule has 1 heterocycles. The molecule has 0 radical (unpaired) electrons. The Morgan fingerprint density at radius 1 is 0.953 bits per heavy atom. The normalized spacial score (nSPS) is 54.4. The standard InChI is InChI=1S/C36H56O7/c1-20-28(39)23(37)18-27(42-20)43-26-10-11-34(6)25(31(26,2)3)9-12-36(8)29(34)24(38)17-21-22-19-33(5,30(40)41)14-13-32(22,4)15-16-35(21,36)7/h17,20,22-23,25-29,37,39H,9-16,18-19H2,1-8H3,(H,40,41)/t20-,22-,23+,25+,26+,27+,28-,29+,32+,33+,34+,35+,36+/m0/s1. The van der Waals surface area contributed by atoms with E-state index in [-0.39, 0.29) is 63.1 Å². The van der Waals surface area contributed by atoms with E-state index in [0.717, 1.165) is 44.9 Å². The molecule has 3 N–H and O–H groups in total. The van der Waals surface area contributed by atoms with Crippen molar-refractivity contribution < 1.29 is 34.4 Å². The SMILES string of the molecule is C[C@@H]1O[C@H](O[C@@H]2CC[C@]3(C)[C@H](CC[C@]4(C)[C@@H]3C(=O)C=C3[C@@H]5C[C@](C)(C(=O)O)CC[C@]5(C)CC[C@]34C)C2(C)C)C[C@@H](O)[C@H]1O. The van der Waals surface area contributed by atoms with Gasteiger partial charge in [0.25, 0.3) is 0 Å². The summed E-state index contributed by atoms with van der Waals surface area (Å²) in [6.07, 6.45) is 7.45. The van der Waals surface area contributed by atoms with E-state index in [1.165, 1.54) is 5.57 Å². The number of carbonyl (C=O) groups is 2. The Morgan fingerprint density at radius 2 is 1.63 bits per heavy atom. The molecule has 0 amide bonds. The predicted molar refractivity (Wildman–Crippen MR) is 163 cm³/mol. The first-order valence-corrected chi connectivity index (χ1v) is 17.0. The van der Waals surface area contributed by atoms with Crippen LogP contribution in [-0.2, 0) is 19.1 Å². The first kappa shape index (κ1) is 31.7. The average molecular weight is 601 g/mol. The molecule has 5 fully saturated rings. The molecule has 0 unspecified atom stereocenters. The highest BCUT2D eigenvalue weighted by atomic mass is 16.7. The number of carboxylic acid groups (broad SMARTS) is 1. The fourth-order valence-electron chi connectivity index (χ4n) is 11.9. The van der Waals surface area contributed by atoms with Gasteiger partial charge < -0.3 is 24.8 Å². The molecule has 4 saturated carbocycles. The maximum absolute atomic E-state index is 14.6. The molecule has 7 nitrogen and oxygen atoms in total. The minimum atomic E-state index is -0.903. The zero-order chi connectivity index (χ0) is 31.5. The van der Waals surface area contributed by atoms with Gasteiger partial charge in [-0.15, -0.1) is 0 Å². The van der Waals surface area contributed by atoms with Gasteiger partial charge >= 0.3 is 5.97 Å². The number of ketones is 1. The molecular weight excluding hydrogens is 544 g/mol. The Morgan fingerprint density at radius 3 is 2.28 bits per heavy atom. The zero-order valence-corrected chi connectivity index (χ0v) is 27.7. The molecular formula is C36H56O7. The number of aliphatic carboxylic acids is 1. The van der Waals surface area contributed by atoms with Crippen molar-refractivity contribution >= 4 is 11.8 Å². The highest BCUT2D eigenvalue weighted by molar-refractivity contribution is 5.95. The number of rotatable bonds is 3. The fraction of sp³-hybridized carbons (Fsp3) is 0.889. The number of carbonyl (C=O) groups excluding carboxylic acids is 1. The molecule has 0 aromatic carbocycles. The third-order valence-electron chi connectivity index (χ3n) is 15.0. The number of fused-ring (bicyclic) bond motifs is 7. The lowest BCUT2D eigenvalue weighted by atomic mass is 9.33. The molecule has 0 spiro atoms. The molecule has 43 heavy (non-hydrogen) atoms. The van der Waals surface area contributed by atoms with Crippen molar-refractivity contribution in [2.24, 2.45) is 50.2 Å². The van der Waals surface area contributed by atoms with Crippen LogP contribution >= 0.6 is 0 Å². The van der Waals surface area contributed by atoms with Gasteiger partial charge in [0.1, 0.15) is 6.10 Å². The highest BCUT2D eigenvalue weighted by Crippen LogP contribution is 2.75. The molecule has 242 valence electrons. The molecule has 0 bridgehead atoms. The van der Waals surface area contributed by atoms with Crippen LogP contribution in [0, 0.1) is 50.2 Å². The fourth-order valence-corrected chi connectivity index (χ4v) is 11.9. The van der Waals surface area contributed by atoms with Crippen molar-refractivity contribution in [2.75, 3.05) is 0 Å². The summed E-state index contributed by atoms with van der Waals surface area (Å²) in [5, 5.41) is 30.7. The van der Waals surface area contributed by atoms with Gasteiger partial charge in [-0.25, -0.2) is 0 Å². The van der Waals surface area contributed by atoms with Crippen molar-refractivity contribution in [1.29, 1.82) is 0 Å². The lowest BCUT2D eigenvalue weighted by Gasteiger charge is -2.70. The summed E-state index contributed by atoms with van der Waals surface area (Å²) in [5.74, 6) is -0.128. The van der Waals surface area contributed by atoms with Gasteiger partial charge in [0, 0.05) is 12.3 Å². The summed E-state index contributed by atoms with van der Waals surface area (Å²) in [4.78, 5) is 27.0. The largest absolute Gasteiger partial charge is 0.481 e. The maximum atomic E-state index is 14.6. The van der Waals surface area contributed by atoms with E-state index in [4.69, 9.17) is 9.47 Å². The van der Waals surface area contributed by atoms with Crippen LogP contribution < -0.4 is 0 Å². The molecule has 7 heteroatoms. The van der Waals surface area contributed by atoms with Gasteiger partial charge in [0.05, 0.1) is 23.7 Å². The van der Waals surface area contributed by atoms with Crippen LogP contribution in [0.5, 0.6) is 0 Å². The van der Waals surface area contributed by atoms with Crippen LogP contribution in [0.15, 0.2) is 11.6 Å². The number of hydrogen-bond donors (Lipinski definition) is 3. The van der Waals surface area contributed by atoms with E-state index < -0.39 is 36.0 Å². The average Bonchev–Trinajstić information content (AvgIpc) is 2.91. The Hall–Kier alpha value is -1.28. The first-order chi connectivity index (χ1) is 19.8. The van der Waals surface area contributed by atoms with Gasteiger partial charge in [0.15, 0.2) is 12.1 Å². The third kappa shape index (κ3) is 4.33. The van der Waals surface area contributed by atoms with Gasteiger partial charge in [-0.05, 0) is 117 Å². The van der Waals surface area contributed by atoms with E-state index in [2.05, 4.69) is 41.5 Å². The summed E-state index contributed by atoms with van der Waals surface area (Å²) in [6.45, 7) is 17.8. The molecule has 0 aromatic rings. The second-order valence-corrected chi connectivity index (χ2v) is 17.6. The number of carboxylic acids is 1. The van der Waals surface area contributed by atoms with E-state index in [1.54, 1.807) is 6.92 Å². The molecule has 5 aliphatic carbocycles. The van der Waals surface area contributed by atoms with E-state index >= 15 is 0 Å². The van der Waals surface area contributed by atoms with Gasteiger partial charge in [-0.3, -0.25) is 9.59 Å². The zero-order valence-electron chi connectivity index (χ0n) is 27.7. The molecule has 6 rings (SSSR count). The van der Waals surface area contributed by atoms with Gasteiger partial charge in [-0.1, -0.05) is 47.1 Å². The summed E-state index contributed by atoms with van der Waals surface area (Å²) in [6, 6.07) is 0. The summed E-state index contributed by atoms with van der Waals surface area (Å²) >= 11 is 0. The van der Waals surface area contributed by atoms with Crippen molar-refractivity contribution in [1.82, 2.24) is 0 Å². The van der Waals surface area contributed by atoms with Crippen LogP contribution in [-0.4, -0.2) is 57.8 Å². The molecule has 1 saturated heterocycles. The number of aliphatic hydroxyl groups excluding tert-OH is 2. The topological polar surface area (TPSA) is 113 Å². The van der Waals surface area contributed by atoms with E-state index in [0.29, 0.717) is 12.8 Å². The molecule has 1 aliphatic heterocycles. The van der Waals surface area contributed by atoms with Crippen LogP contribution in [0.4, 0.5) is 0 Å². The lowest BCUT2D eigenvalue weighted by molar-refractivity contribution is -0.290. The smallest absolute Gasteiger partial charge is 0.309 e. The van der Waals surface area contributed by atoms with Gasteiger partial charge in [0.2, 0.25) is 0 Å². The number of aliphatic hydroxyl groups is 2. The Bertz CT molecular complexity index is 1200. The first-order valence-electron chi connectivity index (χ1n) is 17.0. The quantitative estimate of drug-likeness (QED) is 0.326. The van der Waals surface area contributed by atoms with Crippen molar-refractivity contribution in [3.05, 3.63) is 11.6 Å². The highest BCUT2D eigenvalue weighted by Gasteiger charge is 2.70. The molecule has 13 atom stereocenters. The van der Waals surface area contributed by atoms with Crippen LogP contribution in [0.1, 0.15) is 120 Å². The van der Waals surface area contributed by atoms with Crippen LogP contribution in [0.25, 0.3) is 0 Å². The molecule has 0 aromatic heterocycles. The van der Waals surface area contributed by atoms with Crippen LogP contribution in [0.2, 0.25) is 0 Å². The van der Waals surface area contributed by atoms with E-state index in [1.807, 2.05) is 13.0 Å². The van der Waals surface area contributed by atoms with E-state index in [9.17, 15) is 24.9 Å². The minimum Gasteiger partial charge on any atom is -0.481 e. The van der Waals surface area contributed by atoms with Crippen LogP contribution in [0.3, 0.4) is 0 Å². The number of ether oxygens (including phenoxy) is 2. The summed E-state index contributed by atoms with van der Waals surface area (Å²) in [5.41, 5.74) is -0.165. The summed E-state index contributed by atoms with van der Waals surface area (Å²) < 4.78 is 12.6. The van der Waals surface area contributed by atoms with Crippen molar-refractivity contribution in [3.63, 3.8) is 0 Å². The number of allylic oxidation sites excluding steroid dienone is 2. The second kappa shape index (κ2) is 9.86. The Balaban J connectivity index is 1.32. The number of hydrogen-bond acceptors (Lipinski definition) is 6. The second-order valence-electron chi connectivity index (χ2n) is 17.6. The lowest BCUT2D eigenvalue weighted by Crippen LogP contribution is -2.67. The monoisotopic (exact) mass is 600 g/mol. The Kier molecular flexibility index (Phi) is 7.27. The minimum absolute atomic E-state index is 0.0462. The Labute approximate surface area is 258 Å². The summed E-state index contributed by atoms with van der Waals surface area (Å²) in [7, 11) is 0.